The van der Waals surface area contributed by atoms with Crippen LogP contribution in [0.1, 0.15) is 66.2 Å². The predicted molar refractivity (Wildman–Crippen MR) is 390 cm³/mol. The molecule has 0 aromatic heterocycles. The number of hydrogen-bond acceptors (Lipinski definition) is 33. The van der Waals surface area contributed by atoms with Gasteiger partial charge in [0.15, 0.2) is 0 Å². The molecule has 4 fully saturated rings. The highest BCUT2D eigenvalue weighted by molar-refractivity contribution is 8.00. The Balaban J connectivity index is 0.887. The second kappa shape index (κ2) is 58.0. The first-order valence-electron chi connectivity index (χ1n) is 35.4. The van der Waals surface area contributed by atoms with Crippen molar-refractivity contribution in [2.45, 2.75) is 138 Å². The minimum Gasteiger partial charge on any atom is -0.477 e. The molecular weight excluding hydrogens is 1480 g/mol. The van der Waals surface area contributed by atoms with Crippen LogP contribution in [0.15, 0.2) is 0 Å². The zero-order chi connectivity index (χ0) is 74.5. The van der Waals surface area contributed by atoms with E-state index in [1.54, 1.807) is 70.6 Å². The number of aliphatic hydroxyl groups excluding tert-OH is 2. The number of aliphatic hydroxyl groups is 2. The summed E-state index contributed by atoms with van der Waals surface area (Å²) in [7, 11) is 0. The zero-order valence-electron chi connectivity index (χ0n) is 60.5. The number of rotatable bonds is 68. The molecule has 0 radical (unpaired) electrons. The number of carbonyl (C=O) groups is 4. The molecule has 0 aromatic rings. The first kappa shape index (κ1) is 94.4. The van der Waals surface area contributed by atoms with Gasteiger partial charge in [0.05, 0.1) is 170 Å². The Hall–Kier alpha value is -0.940. The molecule has 0 bridgehead atoms. The Morgan fingerprint density at radius 1 is 0.311 bits per heavy atom. The maximum atomic E-state index is 11.3. The maximum absolute atomic E-state index is 11.3. The topological polar surface area (TPSA) is 383 Å². The van der Waals surface area contributed by atoms with Crippen molar-refractivity contribution in [3.63, 3.8) is 0 Å². The molecule has 2 unspecified atom stereocenters. The second-order valence-electron chi connectivity index (χ2n) is 24.5. The van der Waals surface area contributed by atoms with Crippen LogP contribution in [0.3, 0.4) is 0 Å². The van der Waals surface area contributed by atoms with Crippen LogP contribution in [0.4, 0.5) is 0 Å². The normalized spacial score (nSPS) is 25.1. The molecule has 31 nitrogen and oxygen atoms in total. The van der Waals surface area contributed by atoms with E-state index in [1.807, 2.05) is 0 Å². The molecule has 0 saturated carbocycles. The van der Waals surface area contributed by atoms with Crippen molar-refractivity contribution < 1.29 is 149 Å². The van der Waals surface area contributed by atoms with Crippen LogP contribution < -0.4 is 0 Å². The number of carboxylic acid groups (broad SMARTS) is 4. The van der Waals surface area contributed by atoms with Gasteiger partial charge in [-0.1, -0.05) is 0 Å². The maximum Gasteiger partial charge on any atom is 0.364 e. The van der Waals surface area contributed by atoms with E-state index >= 15 is 0 Å². The van der Waals surface area contributed by atoms with E-state index in [0.29, 0.717) is 130 Å². The van der Waals surface area contributed by atoms with Crippen molar-refractivity contribution >= 4 is 94.4 Å². The predicted octanol–water partition coefficient (Wildman–Crippen LogP) is 4.27. The summed E-state index contributed by atoms with van der Waals surface area (Å²) in [6.07, 6.45) is 2.04. The quantitative estimate of drug-likeness (QED) is 0.0463. The molecule has 0 aliphatic carbocycles. The Labute approximate surface area is 632 Å². The van der Waals surface area contributed by atoms with E-state index in [-0.39, 0.29) is 103 Å². The van der Waals surface area contributed by atoms with Crippen molar-refractivity contribution in [1.82, 2.24) is 0 Å². The van der Waals surface area contributed by atoms with Gasteiger partial charge in [-0.05, 0) is 73.0 Å². The molecule has 0 amide bonds. The number of thioether (sulfide) groups is 6. The van der Waals surface area contributed by atoms with Crippen LogP contribution in [-0.2, 0) is 119 Å². The average molecular weight is 1600 g/mol. The van der Waals surface area contributed by atoms with Gasteiger partial charge < -0.3 is 130 Å². The SMILES string of the molecule is CC1(C(=O)O)OCC(OCCCSCC(CSCCCOC2COC(C)(C(=O)O)OC2)OCC(O)CSCCCOCCOCCOCCOCCOCCOCCOCCCSCC(O)COC(CSCCCOC2COC(C)(C(=O)O)OC2)CSCCCOC2COC(C)(C(=O)O)OC2)CO1. The van der Waals surface area contributed by atoms with Crippen LogP contribution >= 0.6 is 70.6 Å². The van der Waals surface area contributed by atoms with E-state index in [4.69, 9.17) is 99.5 Å². The first-order valence-corrected chi connectivity index (χ1v) is 42.3. The number of carboxylic acids is 4. The fraction of sp³-hybridized carbons (Fsp3) is 0.939. The molecule has 6 N–H and O–H groups in total. The molecule has 2 atom stereocenters. The van der Waals surface area contributed by atoms with Crippen LogP contribution in [-0.4, -0.2) is 381 Å². The summed E-state index contributed by atoms with van der Waals surface area (Å²) >= 11 is 10.3. The fourth-order valence-electron chi connectivity index (χ4n) is 9.02. The van der Waals surface area contributed by atoms with Crippen LogP contribution in [0.5, 0.6) is 0 Å². The summed E-state index contributed by atoms with van der Waals surface area (Å²) < 4.78 is 118. The molecule has 4 saturated heterocycles. The lowest BCUT2D eigenvalue weighted by Gasteiger charge is -2.34. The lowest BCUT2D eigenvalue weighted by atomic mass is 10.2. The van der Waals surface area contributed by atoms with Crippen molar-refractivity contribution in [1.29, 1.82) is 0 Å². The van der Waals surface area contributed by atoms with Gasteiger partial charge in [0, 0.05) is 102 Å². The third-order valence-corrected chi connectivity index (χ3v) is 22.5. The molecule has 4 aliphatic heterocycles. The second-order valence-corrected chi connectivity index (χ2v) is 31.4. The highest BCUT2D eigenvalue weighted by atomic mass is 32.2. The van der Waals surface area contributed by atoms with Crippen molar-refractivity contribution in [3.8, 4) is 0 Å². The van der Waals surface area contributed by atoms with Gasteiger partial charge in [-0.3, -0.25) is 0 Å². The molecule has 604 valence electrons. The van der Waals surface area contributed by atoms with E-state index in [0.717, 1.165) is 96.1 Å². The van der Waals surface area contributed by atoms with Crippen LogP contribution in [0.2, 0.25) is 0 Å². The Kier molecular flexibility index (Phi) is 53.2. The molecule has 0 spiro atoms. The minimum absolute atomic E-state index is 0.0894. The number of aliphatic carboxylic acids is 4. The van der Waals surface area contributed by atoms with Gasteiger partial charge in [0.1, 0.15) is 24.4 Å². The average Bonchev–Trinajstić information content (AvgIpc) is 0.863. The highest BCUT2D eigenvalue weighted by Crippen LogP contribution is 2.26. The number of ether oxygens (including phenoxy) is 21. The van der Waals surface area contributed by atoms with Gasteiger partial charge >= 0.3 is 23.9 Å². The Morgan fingerprint density at radius 2 is 0.495 bits per heavy atom. The molecule has 4 rings (SSSR count). The van der Waals surface area contributed by atoms with Gasteiger partial charge in [0.2, 0.25) is 0 Å². The molecule has 0 aromatic carbocycles. The third-order valence-electron chi connectivity index (χ3n) is 15.3. The van der Waals surface area contributed by atoms with E-state index < -0.39 is 59.2 Å². The molecular formula is C66H118O31S6. The van der Waals surface area contributed by atoms with Crippen LogP contribution in [0, 0.1) is 0 Å². The van der Waals surface area contributed by atoms with Gasteiger partial charge in [-0.15, -0.1) is 0 Å². The molecule has 4 heterocycles. The van der Waals surface area contributed by atoms with Gasteiger partial charge in [-0.25, -0.2) is 19.2 Å². The molecule has 4 aliphatic rings. The van der Waals surface area contributed by atoms with Crippen LogP contribution in [0.25, 0.3) is 0 Å². The fourth-order valence-corrected chi connectivity index (χ4v) is 14.9. The summed E-state index contributed by atoms with van der Waals surface area (Å²) in [5.41, 5.74) is 0. The van der Waals surface area contributed by atoms with Gasteiger partial charge in [-0.2, -0.15) is 70.6 Å². The van der Waals surface area contributed by atoms with E-state index in [2.05, 4.69) is 0 Å². The first-order chi connectivity index (χ1) is 49.7. The minimum atomic E-state index is -1.65. The standard InChI is InChI=1S/C66H118O31S6/c1-63(59(69)70)90-37-53(38-91-63)84-13-7-31-100-47-57(48-101-32-8-14-85-54-39-92-64(2,60(71)72)93-40-54)88-35-51(67)45-98-29-5-11-77-17-19-79-21-23-81-25-27-83-28-26-82-24-22-80-20-18-78-12-6-30-99-46-52(68)36-89-58(49-102-33-9-15-86-55-41-94-65(3,61(73)74)95-42-55)50-103-34-10-16-87-56-43-96-66(4,62(75)76)97-44-56/h51-58,67-68H,5-50H2,1-4H3,(H,69,70)(H,71,72)(H,73,74)(H,75,76). The van der Waals surface area contributed by atoms with E-state index in [9.17, 15) is 49.8 Å². The summed E-state index contributed by atoms with van der Waals surface area (Å²) in [6, 6.07) is 0. The largest absolute Gasteiger partial charge is 0.477 e. The van der Waals surface area contributed by atoms with Crippen molar-refractivity contribution in [2.75, 3.05) is 254 Å². The van der Waals surface area contributed by atoms with Gasteiger partial charge in [0.25, 0.3) is 23.1 Å². The summed E-state index contributed by atoms with van der Waals surface area (Å²) in [4.78, 5) is 45.4. The highest BCUT2D eigenvalue weighted by Gasteiger charge is 2.44. The third kappa shape index (κ3) is 44.6. The lowest BCUT2D eigenvalue weighted by Crippen LogP contribution is -2.50. The zero-order valence-corrected chi connectivity index (χ0v) is 65.4. The monoisotopic (exact) mass is 1600 g/mol. The molecule has 103 heavy (non-hydrogen) atoms. The lowest BCUT2D eigenvalue weighted by molar-refractivity contribution is -0.283. The molecule has 37 heteroatoms. The smallest absolute Gasteiger partial charge is 0.364 e. The van der Waals surface area contributed by atoms with Crippen molar-refractivity contribution in [3.05, 3.63) is 0 Å². The summed E-state index contributed by atoms with van der Waals surface area (Å²) in [5.74, 6) is -2.30. The summed E-state index contributed by atoms with van der Waals surface area (Å²) in [5, 5.41) is 58.6. The van der Waals surface area contributed by atoms with Crippen molar-refractivity contribution in [2.24, 2.45) is 0 Å². The van der Waals surface area contributed by atoms with E-state index in [1.165, 1.54) is 27.7 Å². The Morgan fingerprint density at radius 3 is 0.699 bits per heavy atom. The number of hydrogen-bond donors (Lipinski definition) is 6. The summed E-state index contributed by atoms with van der Waals surface area (Å²) in [6.45, 7) is 15.7. The Bertz CT molecular complexity index is 1900.